The molecule has 10 heteroatoms. The molecule has 25 heavy (non-hydrogen) atoms. The minimum absolute atomic E-state index is 0.110. The lowest BCUT2D eigenvalue weighted by Crippen LogP contribution is -2.16. The predicted octanol–water partition coefficient (Wildman–Crippen LogP) is 1.74. The van der Waals surface area contributed by atoms with E-state index in [2.05, 4.69) is 25.7 Å². The van der Waals surface area contributed by atoms with Gasteiger partial charge in [0.1, 0.15) is 18.2 Å². The van der Waals surface area contributed by atoms with Crippen LogP contribution in [-0.4, -0.2) is 37.6 Å². The molecule has 0 unspecified atom stereocenters. The highest BCUT2D eigenvalue weighted by Gasteiger charge is 2.10. The Morgan fingerprint density at radius 3 is 2.88 bits per heavy atom. The van der Waals surface area contributed by atoms with E-state index in [-0.39, 0.29) is 11.3 Å². The van der Waals surface area contributed by atoms with Gasteiger partial charge in [0.05, 0.1) is 16.2 Å². The Morgan fingerprint density at radius 1 is 1.32 bits per heavy atom. The van der Waals surface area contributed by atoms with E-state index in [9.17, 15) is 10.1 Å². The van der Waals surface area contributed by atoms with Crippen LogP contribution in [0.25, 0.3) is 5.78 Å². The van der Waals surface area contributed by atoms with E-state index >= 15 is 0 Å². The van der Waals surface area contributed by atoms with Gasteiger partial charge in [-0.15, -0.1) is 0 Å². The van der Waals surface area contributed by atoms with E-state index in [0.717, 1.165) is 11.5 Å². The number of nitro groups is 1. The van der Waals surface area contributed by atoms with E-state index in [1.165, 1.54) is 24.5 Å². The largest absolute Gasteiger partial charge is 0.382 e. The molecule has 0 amide bonds. The van der Waals surface area contributed by atoms with Crippen LogP contribution in [-0.2, 0) is 0 Å². The fourth-order valence-corrected chi connectivity index (χ4v) is 2.34. The lowest BCUT2D eigenvalue weighted by molar-refractivity contribution is -0.384. The second kappa shape index (κ2) is 6.79. The van der Waals surface area contributed by atoms with Crippen molar-refractivity contribution in [3.63, 3.8) is 0 Å². The van der Waals surface area contributed by atoms with E-state index < -0.39 is 4.92 Å². The SMILES string of the molecule is Cc1cc(NCCNc2ccc([N+](=O)[O-])cc2C#N)n2ncnc2n1. The molecule has 0 aliphatic heterocycles. The van der Waals surface area contributed by atoms with E-state index in [1.54, 1.807) is 4.52 Å². The smallest absolute Gasteiger partial charge is 0.270 e. The molecular weight excluding hydrogens is 324 g/mol. The first-order valence-electron chi connectivity index (χ1n) is 7.42. The molecule has 0 spiro atoms. The van der Waals surface area contributed by atoms with Crippen LogP contribution in [0.2, 0.25) is 0 Å². The van der Waals surface area contributed by atoms with Gasteiger partial charge in [-0.05, 0) is 13.0 Å². The van der Waals surface area contributed by atoms with Crippen LogP contribution in [0, 0.1) is 28.4 Å². The summed E-state index contributed by atoms with van der Waals surface area (Å²) in [7, 11) is 0. The zero-order valence-electron chi connectivity index (χ0n) is 13.3. The monoisotopic (exact) mass is 338 g/mol. The maximum absolute atomic E-state index is 10.8. The molecule has 3 aromatic rings. The van der Waals surface area contributed by atoms with Crippen molar-refractivity contribution < 1.29 is 4.92 Å². The molecule has 0 saturated carbocycles. The number of benzene rings is 1. The van der Waals surface area contributed by atoms with Gasteiger partial charge in [0.25, 0.3) is 11.5 Å². The molecule has 0 aliphatic carbocycles. The number of rotatable bonds is 6. The highest BCUT2D eigenvalue weighted by molar-refractivity contribution is 5.61. The first-order valence-corrected chi connectivity index (χ1v) is 7.42. The summed E-state index contributed by atoms with van der Waals surface area (Å²) in [5.41, 5.74) is 1.48. The number of non-ortho nitro benzene ring substituents is 1. The molecule has 0 aliphatic rings. The van der Waals surface area contributed by atoms with Gasteiger partial charge in [-0.3, -0.25) is 10.1 Å². The zero-order valence-corrected chi connectivity index (χ0v) is 13.3. The lowest BCUT2D eigenvalue weighted by Gasteiger charge is -2.11. The van der Waals surface area contributed by atoms with Crippen LogP contribution in [0.15, 0.2) is 30.6 Å². The topological polar surface area (TPSA) is 134 Å². The average molecular weight is 338 g/mol. The van der Waals surface area contributed by atoms with Gasteiger partial charge in [-0.2, -0.15) is 19.9 Å². The Hall–Kier alpha value is -3.74. The number of nitriles is 1. The molecule has 0 bridgehead atoms. The average Bonchev–Trinajstić information content (AvgIpc) is 3.06. The Morgan fingerprint density at radius 2 is 2.12 bits per heavy atom. The molecular formula is C15H14N8O2. The van der Waals surface area contributed by atoms with Crippen molar-refractivity contribution in [2.45, 2.75) is 6.92 Å². The molecule has 1 aromatic carbocycles. The van der Waals surface area contributed by atoms with Crippen molar-refractivity contribution in [2.24, 2.45) is 0 Å². The first-order chi connectivity index (χ1) is 12.1. The Bertz CT molecular complexity index is 975. The Kier molecular flexibility index (Phi) is 4.38. The minimum Gasteiger partial charge on any atom is -0.382 e. The van der Waals surface area contributed by atoms with Gasteiger partial charge in [-0.25, -0.2) is 4.98 Å². The normalized spacial score (nSPS) is 10.4. The van der Waals surface area contributed by atoms with Crippen LogP contribution in [0.5, 0.6) is 0 Å². The summed E-state index contributed by atoms with van der Waals surface area (Å²) < 4.78 is 1.60. The van der Waals surface area contributed by atoms with Crippen LogP contribution < -0.4 is 10.6 Å². The van der Waals surface area contributed by atoms with Gasteiger partial charge in [0, 0.05) is 37.0 Å². The van der Waals surface area contributed by atoms with Crippen molar-refractivity contribution in [1.82, 2.24) is 19.6 Å². The van der Waals surface area contributed by atoms with E-state index in [0.29, 0.717) is 24.6 Å². The summed E-state index contributed by atoms with van der Waals surface area (Å²) in [6.45, 7) is 2.92. The van der Waals surface area contributed by atoms with Gasteiger partial charge in [-0.1, -0.05) is 0 Å². The van der Waals surface area contributed by atoms with Gasteiger partial charge >= 0.3 is 0 Å². The van der Waals surface area contributed by atoms with Gasteiger partial charge in [0.15, 0.2) is 0 Å². The highest BCUT2D eigenvalue weighted by atomic mass is 16.6. The number of anilines is 2. The second-order valence-electron chi connectivity index (χ2n) is 5.21. The molecule has 2 aromatic heterocycles. The summed E-state index contributed by atoms with van der Waals surface area (Å²) in [6, 6.07) is 7.96. The highest BCUT2D eigenvalue weighted by Crippen LogP contribution is 2.21. The van der Waals surface area contributed by atoms with Crippen LogP contribution in [0.1, 0.15) is 11.3 Å². The summed E-state index contributed by atoms with van der Waals surface area (Å²) in [6.07, 6.45) is 1.43. The third kappa shape index (κ3) is 3.45. The van der Waals surface area contributed by atoms with Crippen molar-refractivity contribution in [3.8, 4) is 6.07 Å². The maximum atomic E-state index is 10.8. The molecule has 2 heterocycles. The molecule has 0 saturated heterocycles. The molecule has 3 rings (SSSR count). The number of nitrogens with one attached hydrogen (secondary N) is 2. The van der Waals surface area contributed by atoms with E-state index in [1.807, 2.05) is 19.1 Å². The van der Waals surface area contributed by atoms with Gasteiger partial charge in [0.2, 0.25) is 0 Å². The Balaban J connectivity index is 1.64. The molecule has 126 valence electrons. The lowest BCUT2D eigenvalue weighted by atomic mass is 10.1. The third-order valence-corrected chi connectivity index (χ3v) is 3.46. The van der Waals surface area contributed by atoms with Crippen molar-refractivity contribution in [2.75, 3.05) is 23.7 Å². The van der Waals surface area contributed by atoms with Crippen LogP contribution >= 0.6 is 0 Å². The zero-order chi connectivity index (χ0) is 17.8. The molecule has 0 atom stereocenters. The summed E-state index contributed by atoms with van der Waals surface area (Å²) in [5.74, 6) is 1.27. The Labute approximate surface area is 142 Å². The van der Waals surface area contributed by atoms with Crippen LogP contribution in [0.4, 0.5) is 17.2 Å². The van der Waals surface area contributed by atoms with Crippen LogP contribution in [0.3, 0.4) is 0 Å². The number of aromatic nitrogens is 4. The first kappa shape index (κ1) is 16.1. The number of hydrogen-bond acceptors (Lipinski definition) is 8. The van der Waals surface area contributed by atoms with E-state index in [4.69, 9.17) is 5.26 Å². The van der Waals surface area contributed by atoms with Crippen molar-refractivity contribution in [3.05, 3.63) is 52.0 Å². The van der Waals surface area contributed by atoms with Gasteiger partial charge < -0.3 is 10.6 Å². The quantitative estimate of drug-likeness (QED) is 0.394. The summed E-state index contributed by atoms with van der Waals surface area (Å²) in [5, 5.41) is 30.3. The second-order valence-corrected chi connectivity index (χ2v) is 5.21. The standard InChI is InChI=1S/C15H14N8O2/c1-10-6-14(22-15(21-10)19-9-20-22)18-5-4-17-13-3-2-12(23(24)25)7-11(13)8-16/h2-3,6-7,9,17-18H,4-5H2,1H3. The number of hydrogen-bond donors (Lipinski definition) is 2. The summed E-state index contributed by atoms with van der Waals surface area (Å²) >= 11 is 0. The number of nitrogens with zero attached hydrogens (tertiary/aromatic N) is 6. The fourth-order valence-electron chi connectivity index (χ4n) is 2.34. The number of aryl methyl sites for hydroxylation is 1. The predicted molar refractivity (Wildman–Crippen MR) is 90.3 cm³/mol. The number of nitro benzene ring substituents is 1. The summed E-state index contributed by atoms with van der Waals surface area (Å²) in [4.78, 5) is 18.5. The third-order valence-electron chi connectivity index (χ3n) is 3.46. The molecule has 2 N–H and O–H groups in total. The number of fused-ring (bicyclic) bond motifs is 1. The van der Waals surface area contributed by atoms with Crippen molar-refractivity contribution >= 4 is 23.0 Å². The van der Waals surface area contributed by atoms with Crippen molar-refractivity contribution in [1.29, 1.82) is 5.26 Å². The minimum atomic E-state index is -0.526. The molecule has 0 radical (unpaired) electrons. The molecule has 10 nitrogen and oxygen atoms in total. The maximum Gasteiger partial charge on any atom is 0.270 e. The fraction of sp³-hybridized carbons (Fsp3) is 0.200. The molecule has 0 fully saturated rings.